The van der Waals surface area contributed by atoms with Crippen molar-refractivity contribution in [1.82, 2.24) is 0 Å². The van der Waals surface area contributed by atoms with Crippen LogP contribution in [0.3, 0.4) is 0 Å². The molecule has 2 N–H and O–H groups in total. The van der Waals surface area contributed by atoms with Gasteiger partial charge in [0.25, 0.3) is 5.72 Å². The van der Waals surface area contributed by atoms with Crippen molar-refractivity contribution in [3.8, 4) is 0 Å². The van der Waals surface area contributed by atoms with Crippen LogP contribution in [-0.4, -0.2) is 28.1 Å². The fourth-order valence-electron chi connectivity index (χ4n) is 0.503. The Morgan fingerprint density at radius 2 is 2.33 bits per heavy atom. The summed E-state index contributed by atoms with van der Waals surface area (Å²) in [7, 11) is 0. The van der Waals surface area contributed by atoms with E-state index in [0.29, 0.717) is 0 Å². The lowest BCUT2D eigenvalue weighted by Crippen LogP contribution is -2.32. The number of aliphatic carboxylic acids is 1. The summed E-state index contributed by atoms with van der Waals surface area (Å²) >= 11 is 0. The van der Waals surface area contributed by atoms with Crippen molar-refractivity contribution < 1.29 is 15.0 Å². The van der Waals surface area contributed by atoms with E-state index in [1.165, 1.54) is 12.3 Å². The van der Waals surface area contributed by atoms with Gasteiger partial charge in [0.05, 0.1) is 0 Å². The van der Waals surface area contributed by atoms with Crippen molar-refractivity contribution in [3.05, 3.63) is 12.2 Å². The number of rotatable bonds is 1. The summed E-state index contributed by atoms with van der Waals surface area (Å²) in [5.41, 5.74) is -2.00. The summed E-state index contributed by atoms with van der Waals surface area (Å²) in [6.45, 7) is 0. The van der Waals surface area contributed by atoms with Crippen molar-refractivity contribution in [1.29, 1.82) is 0 Å². The van der Waals surface area contributed by atoms with Gasteiger partial charge in [-0.25, -0.2) is 9.79 Å². The molecule has 9 heavy (non-hydrogen) atoms. The van der Waals surface area contributed by atoms with Gasteiger partial charge in [-0.1, -0.05) is 0 Å². The lowest BCUT2D eigenvalue weighted by Gasteiger charge is -2.08. The Balaban J connectivity index is 2.88. The summed E-state index contributed by atoms with van der Waals surface area (Å²) in [5, 5.41) is 17.1. The fraction of sp³-hybridized carbons (Fsp3) is 0.200. The molecule has 0 saturated heterocycles. The van der Waals surface area contributed by atoms with Crippen molar-refractivity contribution in [3.63, 3.8) is 0 Å². The molecular weight excluding hydrogens is 122 g/mol. The standard InChI is InChI=1S/C5H5NO3/c7-4(8)5(9)2-1-3-6-5/h1-3,9H,(H,7,8). The second-order valence-corrected chi connectivity index (χ2v) is 1.67. The maximum atomic E-state index is 10.1. The molecule has 48 valence electrons. The monoisotopic (exact) mass is 127 g/mol. The van der Waals surface area contributed by atoms with Crippen LogP contribution in [0, 0.1) is 0 Å². The van der Waals surface area contributed by atoms with Gasteiger partial charge in [0, 0.05) is 6.21 Å². The van der Waals surface area contributed by atoms with E-state index in [1.54, 1.807) is 0 Å². The first-order valence-corrected chi connectivity index (χ1v) is 2.34. The van der Waals surface area contributed by atoms with Gasteiger partial charge in [0.15, 0.2) is 0 Å². The van der Waals surface area contributed by atoms with E-state index in [1.807, 2.05) is 0 Å². The largest absolute Gasteiger partial charge is 0.477 e. The van der Waals surface area contributed by atoms with Gasteiger partial charge in [0.1, 0.15) is 0 Å². The molecule has 0 aromatic rings. The Kier molecular flexibility index (Phi) is 1.10. The predicted molar refractivity (Wildman–Crippen MR) is 30.2 cm³/mol. The van der Waals surface area contributed by atoms with Crippen molar-refractivity contribution >= 4 is 12.2 Å². The van der Waals surface area contributed by atoms with Crippen molar-refractivity contribution in [2.45, 2.75) is 5.72 Å². The van der Waals surface area contributed by atoms with Crippen LogP contribution in [0.2, 0.25) is 0 Å². The van der Waals surface area contributed by atoms with Crippen molar-refractivity contribution in [2.75, 3.05) is 0 Å². The number of aliphatic imine (C=N–C) groups is 1. The Morgan fingerprint density at radius 3 is 2.56 bits per heavy atom. The molecule has 4 heteroatoms. The van der Waals surface area contributed by atoms with E-state index < -0.39 is 11.7 Å². The normalized spacial score (nSPS) is 31.2. The Labute approximate surface area is 51.1 Å². The van der Waals surface area contributed by atoms with Gasteiger partial charge in [-0.15, -0.1) is 0 Å². The molecule has 0 radical (unpaired) electrons. The van der Waals surface area contributed by atoms with Crippen molar-refractivity contribution in [2.24, 2.45) is 4.99 Å². The SMILES string of the molecule is O=C(O)C1(O)C=CC=N1. The van der Waals surface area contributed by atoms with E-state index in [9.17, 15) is 4.79 Å². The average Bonchev–Trinajstić information content (AvgIpc) is 2.16. The highest BCUT2D eigenvalue weighted by Crippen LogP contribution is 2.11. The number of carbonyl (C=O) groups is 1. The van der Waals surface area contributed by atoms with Gasteiger partial charge in [0.2, 0.25) is 0 Å². The van der Waals surface area contributed by atoms with Crippen LogP contribution in [0.25, 0.3) is 0 Å². The molecule has 1 atom stereocenters. The van der Waals surface area contributed by atoms with Gasteiger partial charge < -0.3 is 10.2 Å². The second-order valence-electron chi connectivity index (χ2n) is 1.67. The number of nitrogens with zero attached hydrogens (tertiary/aromatic N) is 1. The molecule has 0 bridgehead atoms. The van der Waals surface area contributed by atoms with Crippen LogP contribution in [0.15, 0.2) is 17.1 Å². The lowest BCUT2D eigenvalue weighted by atomic mass is 10.2. The molecule has 0 saturated carbocycles. The Hall–Kier alpha value is -1.16. The summed E-state index contributed by atoms with van der Waals surface area (Å²) in [6.07, 6.45) is 3.73. The highest BCUT2D eigenvalue weighted by molar-refractivity contribution is 5.88. The third-order valence-corrected chi connectivity index (χ3v) is 1.00. The maximum Gasteiger partial charge on any atom is 0.363 e. The third-order valence-electron chi connectivity index (χ3n) is 1.00. The Bertz CT molecular complexity index is 182. The molecular formula is C5H5NO3. The second kappa shape index (κ2) is 1.66. The molecule has 1 aliphatic heterocycles. The number of hydrogen-bond donors (Lipinski definition) is 2. The minimum Gasteiger partial charge on any atom is -0.477 e. The van der Waals surface area contributed by atoms with Crippen LogP contribution in [0.1, 0.15) is 0 Å². The van der Waals surface area contributed by atoms with Crippen LogP contribution in [-0.2, 0) is 4.79 Å². The summed E-state index contributed by atoms with van der Waals surface area (Å²) in [6, 6.07) is 0. The minimum absolute atomic E-state index is 1.11. The molecule has 0 fully saturated rings. The molecule has 0 amide bonds. The zero-order chi connectivity index (χ0) is 6.91. The number of aliphatic hydroxyl groups is 1. The van der Waals surface area contributed by atoms with Crippen LogP contribution in [0.4, 0.5) is 0 Å². The number of allylic oxidation sites excluding steroid dienone is 1. The summed E-state index contributed by atoms with van der Waals surface area (Å²) in [5.74, 6) is -1.35. The van der Waals surface area contributed by atoms with E-state index in [0.717, 1.165) is 6.08 Å². The molecule has 0 aliphatic carbocycles. The topological polar surface area (TPSA) is 69.9 Å². The molecule has 1 heterocycles. The fourth-order valence-corrected chi connectivity index (χ4v) is 0.503. The third kappa shape index (κ3) is 0.837. The summed E-state index contributed by atoms with van der Waals surface area (Å²) < 4.78 is 0. The van der Waals surface area contributed by atoms with E-state index in [-0.39, 0.29) is 0 Å². The highest BCUT2D eigenvalue weighted by atomic mass is 16.4. The zero-order valence-corrected chi connectivity index (χ0v) is 4.48. The zero-order valence-electron chi connectivity index (χ0n) is 4.48. The summed E-state index contributed by atoms with van der Waals surface area (Å²) in [4.78, 5) is 13.4. The smallest absolute Gasteiger partial charge is 0.363 e. The van der Waals surface area contributed by atoms with Crippen LogP contribution < -0.4 is 0 Å². The molecule has 0 spiro atoms. The lowest BCUT2D eigenvalue weighted by molar-refractivity contribution is -0.152. The van der Waals surface area contributed by atoms with Crippen LogP contribution >= 0.6 is 0 Å². The number of hydrogen-bond acceptors (Lipinski definition) is 3. The molecule has 1 unspecified atom stereocenters. The molecule has 0 aromatic carbocycles. The maximum absolute atomic E-state index is 10.1. The molecule has 1 rings (SSSR count). The first kappa shape index (κ1) is 5.97. The number of carboxylic acids is 1. The van der Waals surface area contributed by atoms with Crippen LogP contribution in [0.5, 0.6) is 0 Å². The quantitative estimate of drug-likeness (QED) is 0.494. The van der Waals surface area contributed by atoms with E-state index in [4.69, 9.17) is 10.2 Å². The first-order valence-electron chi connectivity index (χ1n) is 2.34. The molecule has 4 nitrogen and oxygen atoms in total. The van der Waals surface area contributed by atoms with Gasteiger partial charge in [-0.2, -0.15) is 0 Å². The average molecular weight is 127 g/mol. The van der Waals surface area contributed by atoms with Gasteiger partial charge >= 0.3 is 5.97 Å². The molecule has 0 aromatic heterocycles. The van der Waals surface area contributed by atoms with E-state index >= 15 is 0 Å². The van der Waals surface area contributed by atoms with Gasteiger partial charge in [-0.3, -0.25) is 0 Å². The number of carboxylic acid groups (broad SMARTS) is 1. The molecule has 1 aliphatic rings. The predicted octanol–water partition coefficient (Wildman–Crippen LogP) is -0.600. The van der Waals surface area contributed by atoms with Gasteiger partial charge in [-0.05, 0) is 12.2 Å². The Morgan fingerprint density at radius 1 is 1.67 bits per heavy atom. The first-order chi connectivity index (χ1) is 4.15. The van der Waals surface area contributed by atoms with E-state index in [2.05, 4.69) is 4.99 Å². The highest BCUT2D eigenvalue weighted by Gasteiger charge is 2.33. The minimum atomic E-state index is -2.00.